The standard InChI is InChI=1S/C21H18ClF2N7/c1-11-12(2)21(29-31-10-26-28-20(11)31)30-6-5-17-13(9-30)7-14(8-25-17)27-19-16(23)4-3-15(22)18(19)24/h3-4,7-8,10,27H,5-6,9H2,1-2H3. The van der Waals surface area contributed by atoms with Gasteiger partial charge in [-0.2, -0.15) is 4.52 Å². The first kappa shape index (κ1) is 19.6. The normalized spacial score (nSPS) is 13.5. The molecule has 158 valence electrons. The van der Waals surface area contributed by atoms with Gasteiger partial charge in [-0.3, -0.25) is 4.98 Å². The van der Waals surface area contributed by atoms with Crippen LogP contribution in [-0.2, 0) is 13.0 Å². The molecule has 0 saturated carbocycles. The summed E-state index contributed by atoms with van der Waals surface area (Å²) in [7, 11) is 0. The van der Waals surface area contributed by atoms with Gasteiger partial charge in [0.15, 0.2) is 17.3 Å². The van der Waals surface area contributed by atoms with Crippen molar-refractivity contribution in [3.05, 3.63) is 69.8 Å². The number of hydrogen-bond acceptors (Lipinski definition) is 6. The largest absolute Gasteiger partial charge is 0.350 e. The Kier molecular flexibility index (Phi) is 4.70. The summed E-state index contributed by atoms with van der Waals surface area (Å²) >= 11 is 5.79. The molecule has 7 nitrogen and oxygen atoms in total. The Morgan fingerprint density at radius 1 is 1.16 bits per heavy atom. The van der Waals surface area contributed by atoms with Crippen LogP contribution in [0.4, 0.5) is 26.0 Å². The van der Waals surface area contributed by atoms with Crippen molar-refractivity contribution in [1.82, 2.24) is 24.8 Å². The molecule has 0 unspecified atom stereocenters. The Balaban J connectivity index is 1.47. The number of nitrogens with zero attached hydrogens (tertiary/aromatic N) is 6. The van der Waals surface area contributed by atoms with Crippen molar-refractivity contribution < 1.29 is 8.78 Å². The van der Waals surface area contributed by atoms with Gasteiger partial charge in [-0.1, -0.05) is 11.6 Å². The van der Waals surface area contributed by atoms with Crippen LogP contribution in [0.2, 0.25) is 5.02 Å². The third-order valence-electron chi connectivity index (χ3n) is 5.62. The molecule has 4 aromatic rings. The second-order valence-corrected chi connectivity index (χ2v) is 7.92. The number of benzene rings is 1. The number of nitrogens with one attached hydrogen (secondary N) is 1. The summed E-state index contributed by atoms with van der Waals surface area (Å²) in [5.41, 5.74) is 4.89. The third kappa shape index (κ3) is 3.34. The first-order valence-electron chi connectivity index (χ1n) is 9.73. The topological polar surface area (TPSA) is 71.2 Å². The highest BCUT2D eigenvalue weighted by atomic mass is 35.5. The van der Waals surface area contributed by atoms with Crippen molar-refractivity contribution in [2.75, 3.05) is 16.8 Å². The number of aryl methyl sites for hydroxylation is 1. The number of anilines is 3. The summed E-state index contributed by atoms with van der Waals surface area (Å²) in [6, 6.07) is 4.16. The molecule has 4 heterocycles. The van der Waals surface area contributed by atoms with E-state index in [2.05, 4.69) is 30.5 Å². The van der Waals surface area contributed by atoms with E-state index in [-0.39, 0.29) is 10.7 Å². The average molecular weight is 442 g/mol. The molecule has 3 aromatic heterocycles. The molecule has 31 heavy (non-hydrogen) atoms. The molecule has 5 rings (SSSR count). The Hall–Kier alpha value is -3.33. The summed E-state index contributed by atoms with van der Waals surface area (Å²) in [5.74, 6) is -0.710. The first-order valence-corrected chi connectivity index (χ1v) is 10.1. The number of halogens is 3. The molecule has 0 atom stereocenters. The summed E-state index contributed by atoms with van der Waals surface area (Å²) in [6.45, 7) is 5.34. The van der Waals surface area contributed by atoms with Gasteiger partial charge >= 0.3 is 0 Å². The van der Waals surface area contributed by atoms with Gasteiger partial charge in [0, 0.05) is 36.3 Å². The minimum Gasteiger partial charge on any atom is -0.350 e. The SMILES string of the molecule is Cc1c(N2CCc3ncc(Nc4c(F)ccc(Cl)c4F)cc3C2)nn2cnnc2c1C. The van der Waals surface area contributed by atoms with Crippen molar-refractivity contribution in [3.63, 3.8) is 0 Å². The maximum atomic E-state index is 14.3. The highest BCUT2D eigenvalue weighted by molar-refractivity contribution is 6.31. The fraction of sp³-hybridized carbons (Fsp3) is 0.238. The fourth-order valence-electron chi connectivity index (χ4n) is 3.82. The zero-order chi connectivity index (χ0) is 21.7. The second-order valence-electron chi connectivity index (χ2n) is 7.52. The number of aromatic nitrogens is 5. The zero-order valence-electron chi connectivity index (χ0n) is 16.8. The molecule has 10 heteroatoms. The van der Waals surface area contributed by atoms with Crippen molar-refractivity contribution >= 4 is 34.4 Å². The van der Waals surface area contributed by atoms with Crippen molar-refractivity contribution in [1.29, 1.82) is 0 Å². The average Bonchev–Trinajstić information content (AvgIpc) is 3.25. The van der Waals surface area contributed by atoms with Crippen LogP contribution in [-0.4, -0.2) is 31.3 Å². The molecule has 0 fully saturated rings. The molecular weight excluding hydrogens is 424 g/mol. The lowest BCUT2D eigenvalue weighted by Crippen LogP contribution is -2.32. The van der Waals surface area contributed by atoms with Gasteiger partial charge in [0.2, 0.25) is 0 Å². The van der Waals surface area contributed by atoms with Crippen LogP contribution < -0.4 is 10.2 Å². The van der Waals surface area contributed by atoms with Crippen LogP contribution in [0, 0.1) is 25.5 Å². The van der Waals surface area contributed by atoms with E-state index in [1.807, 2.05) is 19.9 Å². The molecule has 0 spiro atoms. The van der Waals surface area contributed by atoms with Gasteiger partial charge < -0.3 is 10.2 Å². The summed E-state index contributed by atoms with van der Waals surface area (Å²) in [4.78, 5) is 6.66. The van der Waals surface area contributed by atoms with Gasteiger partial charge in [0.05, 0.1) is 16.9 Å². The van der Waals surface area contributed by atoms with Gasteiger partial charge in [0.25, 0.3) is 0 Å². The van der Waals surface area contributed by atoms with Crippen molar-refractivity contribution in [3.8, 4) is 0 Å². The van der Waals surface area contributed by atoms with Crippen molar-refractivity contribution in [2.24, 2.45) is 0 Å². The minimum atomic E-state index is -0.835. The highest BCUT2D eigenvalue weighted by Gasteiger charge is 2.23. The van der Waals surface area contributed by atoms with E-state index in [1.165, 1.54) is 6.07 Å². The molecule has 0 saturated heterocycles. The molecule has 0 amide bonds. The number of pyridine rings is 1. The Bertz CT molecular complexity index is 1320. The smallest absolute Gasteiger partial charge is 0.180 e. The van der Waals surface area contributed by atoms with Gasteiger partial charge in [-0.15, -0.1) is 15.3 Å². The molecular formula is C21H18ClF2N7. The predicted molar refractivity (Wildman–Crippen MR) is 114 cm³/mol. The molecule has 1 aliphatic heterocycles. The van der Waals surface area contributed by atoms with Crippen LogP contribution in [0.5, 0.6) is 0 Å². The molecule has 1 aromatic carbocycles. The van der Waals surface area contributed by atoms with Gasteiger partial charge in [0.1, 0.15) is 17.8 Å². The van der Waals surface area contributed by atoms with Crippen LogP contribution in [0.3, 0.4) is 0 Å². The van der Waals surface area contributed by atoms with Crippen molar-refractivity contribution in [2.45, 2.75) is 26.8 Å². The quantitative estimate of drug-likeness (QED) is 0.476. The van der Waals surface area contributed by atoms with E-state index in [0.29, 0.717) is 12.2 Å². The molecule has 1 aliphatic rings. The lowest BCUT2D eigenvalue weighted by Gasteiger charge is -2.30. The lowest BCUT2D eigenvalue weighted by molar-refractivity contribution is 0.591. The van der Waals surface area contributed by atoms with E-state index in [1.54, 1.807) is 17.0 Å². The maximum absolute atomic E-state index is 14.3. The molecule has 0 radical (unpaired) electrons. The van der Waals surface area contributed by atoms with Gasteiger partial charge in [-0.05, 0) is 37.6 Å². The molecule has 0 aliphatic carbocycles. The van der Waals surface area contributed by atoms with Gasteiger partial charge in [-0.25, -0.2) is 8.78 Å². The Morgan fingerprint density at radius 2 is 2.00 bits per heavy atom. The minimum absolute atomic E-state index is 0.151. The number of hydrogen-bond donors (Lipinski definition) is 1. The van der Waals surface area contributed by atoms with E-state index in [9.17, 15) is 8.78 Å². The first-order chi connectivity index (χ1) is 14.9. The van der Waals surface area contributed by atoms with E-state index < -0.39 is 11.6 Å². The highest BCUT2D eigenvalue weighted by Crippen LogP contribution is 2.31. The maximum Gasteiger partial charge on any atom is 0.180 e. The number of fused-ring (bicyclic) bond motifs is 2. The Morgan fingerprint density at radius 3 is 2.84 bits per heavy atom. The monoisotopic (exact) mass is 441 g/mol. The summed E-state index contributed by atoms with van der Waals surface area (Å²) in [5, 5.41) is 15.4. The van der Waals surface area contributed by atoms with E-state index >= 15 is 0 Å². The molecule has 0 bridgehead atoms. The third-order valence-corrected chi connectivity index (χ3v) is 5.91. The second kappa shape index (κ2) is 7.42. The van der Waals surface area contributed by atoms with Crippen LogP contribution in [0.25, 0.3) is 5.65 Å². The predicted octanol–water partition coefficient (Wildman–Crippen LogP) is 4.37. The van der Waals surface area contributed by atoms with Crippen LogP contribution in [0.15, 0.2) is 30.7 Å². The summed E-state index contributed by atoms with van der Waals surface area (Å²) < 4.78 is 30.1. The molecule has 1 N–H and O–H groups in total. The summed E-state index contributed by atoms with van der Waals surface area (Å²) in [6.07, 6.45) is 3.89. The van der Waals surface area contributed by atoms with E-state index in [4.69, 9.17) is 11.6 Å². The lowest BCUT2D eigenvalue weighted by atomic mass is 10.0. The zero-order valence-corrected chi connectivity index (χ0v) is 17.6. The van der Waals surface area contributed by atoms with Crippen LogP contribution >= 0.6 is 11.6 Å². The number of rotatable bonds is 3. The van der Waals surface area contributed by atoms with E-state index in [0.717, 1.165) is 52.9 Å². The van der Waals surface area contributed by atoms with Crippen LogP contribution in [0.1, 0.15) is 22.4 Å². The fourth-order valence-corrected chi connectivity index (χ4v) is 3.98. The Labute approximate surface area is 181 Å².